The summed E-state index contributed by atoms with van der Waals surface area (Å²) >= 11 is 0. The first kappa shape index (κ1) is 16.3. The second-order valence-corrected chi connectivity index (χ2v) is 4.53. The van der Waals surface area contributed by atoms with Gasteiger partial charge in [-0.25, -0.2) is 0 Å². The molecule has 0 rings (SSSR count). The molecule has 1 nitrogen and oxygen atoms in total. The Morgan fingerprint density at radius 3 is 1.47 bits per heavy atom. The first-order chi connectivity index (χ1) is 8.28. The van der Waals surface area contributed by atoms with Gasteiger partial charge in [0, 0.05) is 12.8 Å². The van der Waals surface area contributed by atoms with Gasteiger partial charge in [-0.05, 0) is 38.8 Å². The summed E-state index contributed by atoms with van der Waals surface area (Å²) < 4.78 is 5.96. The Bertz CT molecular complexity index is 202. The summed E-state index contributed by atoms with van der Waals surface area (Å²) in [6.45, 7) is 8.61. The summed E-state index contributed by atoms with van der Waals surface area (Å²) in [5.41, 5.74) is 0. The second kappa shape index (κ2) is 11.8. The Morgan fingerprint density at radius 1 is 0.765 bits per heavy atom. The third-order valence-corrected chi connectivity index (χ3v) is 2.96. The van der Waals surface area contributed by atoms with Gasteiger partial charge in [0.25, 0.3) is 0 Å². The van der Waals surface area contributed by atoms with E-state index < -0.39 is 0 Å². The number of hydrogen-bond acceptors (Lipinski definition) is 1. The van der Waals surface area contributed by atoms with E-state index in [0.717, 1.165) is 24.4 Å². The van der Waals surface area contributed by atoms with Crippen LogP contribution in [-0.4, -0.2) is 0 Å². The standard InChI is InChI=1S/C16H30O/c1-5-9-11-13-15(7-3)17-16(8-4)14-12-10-6-2/h7-8H,5-6,9-14H2,1-4H3. The van der Waals surface area contributed by atoms with Crippen molar-refractivity contribution in [3.8, 4) is 0 Å². The van der Waals surface area contributed by atoms with Gasteiger partial charge >= 0.3 is 0 Å². The zero-order valence-electron chi connectivity index (χ0n) is 12.2. The van der Waals surface area contributed by atoms with Crippen molar-refractivity contribution in [1.82, 2.24) is 0 Å². The molecule has 0 atom stereocenters. The molecule has 17 heavy (non-hydrogen) atoms. The highest BCUT2D eigenvalue weighted by Crippen LogP contribution is 2.18. The summed E-state index contributed by atoms with van der Waals surface area (Å²) in [6.07, 6.45) is 14.0. The van der Waals surface area contributed by atoms with E-state index in [1.165, 1.54) is 38.5 Å². The predicted molar refractivity (Wildman–Crippen MR) is 76.9 cm³/mol. The van der Waals surface area contributed by atoms with E-state index in [0.29, 0.717) is 0 Å². The fourth-order valence-electron chi connectivity index (χ4n) is 1.78. The second-order valence-electron chi connectivity index (χ2n) is 4.53. The van der Waals surface area contributed by atoms with E-state index in [1.807, 2.05) is 0 Å². The average molecular weight is 238 g/mol. The molecule has 0 unspecified atom stereocenters. The fourth-order valence-corrected chi connectivity index (χ4v) is 1.78. The van der Waals surface area contributed by atoms with Crippen LogP contribution in [0.3, 0.4) is 0 Å². The monoisotopic (exact) mass is 238 g/mol. The first-order valence-electron chi connectivity index (χ1n) is 7.26. The van der Waals surface area contributed by atoms with E-state index in [4.69, 9.17) is 4.74 Å². The van der Waals surface area contributed by atoms with Gasteiger partial charge in [-0.15, -0.1) is 0 Å². The minimum atomic E-state index is 1.08. The SMILES string of the molecule is CC=C(CCCCC)OC(=CC)CCCCC. The van der Waals surface area contributed by atoms with Crippen LogP contribution in [-0.2, 0) is 4.74 Å². The van der Waals surface area contributed by atoms with Gasteiger partial charge in [0.15, 0.2) is 0 Å². The molecule has 0 saturated carbocycles. The molecule has 0 aromatic carbocycles. The molecule has 0 aromatic rings. The summed E-state index contributed by atoms with van der Waals surface area (Å²) in [5, 5.41) is 0. The number of allylic oxidation sites excluding steroid dienone is 4. The van der Waals surface area contributed by atoms with E-state index in [1.54, 1.807) is 0 Å². The van der Waals surface area contributed by atoms with Crippen LogP contribution in [0.2, 0.25) is 0 Å². The third kappa shape index (κ3) is 9.02. The number of rotatable bonds is 10. The predicted octanol–water partition coefficient (Wildman–Crippen LogP) is 5.97. The Morgan fingerprint density at radius 2 is 1.18 bits per heavy atom. The molecule has 0 radical (unpaired) electrons. The highest BCUT2D eigenvalue weighted by Gasteiger charge is 2.02. The molecule has 0 heterocycles. The van der Waals surface area contributed by atoms with Crippen LogP contribution in [0.5, 0.6) is 0 Å². The molecule has 0 aliphatic carbocycles. The third-order valence-electron chi connectivity index (χ3n) is 2.96. The lowest BCUT2D eigenvalue weighted by molar-refractivity contribution is 0.269. The zero-order valence-corrected chi connectivity index (χ0v) is 12.2. The maximum atomic E-state index is 5.96. The van der Waals surface area contributed by atoms with Crippen LogP contribution in [0.4, 0.5) is 0 Å². The lowest BCUT2D eigenvalue weighted by Crippen LogP contribution is -1.94. The molecule has 0 aliphatic heterocycles. The Hall–Kier alpha value is -0.720. The van der Waals surface area contributed by atoms with Gasteiger partial charge < -0.3 is 4.74 Å². The highest BCUT2D eigenvalue weighted by atomic mass is 16.5. The highest BCUT2D eigenvalue weighted by molar-refractivity contribution is 5.00. The lowest BCUT2D eigenvalue weighted by Gasteiger charge is -2.13. The molecule has 1 heteroatoms. The van der Waals surface area contributed by atoms with Crippen molar-refractivity contribution in [3.63, 3.8) is 0 Å². The molecule has 0 N–H and O–H groups in total. The lowest BCUT2D eigenvalue weighted by atomic mass is 10.1. The Balaban J connectivity index is 3.97. The van der Waals surface area contributed by atoms with Gasteiger partial charge in [0.05, 0.1) is 11.5 Å². The number of hydrogen-bond donors (Lipinski definition) is 0. The minimum Gasteiger partial charge on any atom is -0.467 e. The molecule has 0 saturated heterocycles. The Kier molecular flexibility index (Phi) is 11.3. The summed E-state index contributed by atoms with van der Waals surface area (Å²) in [4.78, 5) is 0. The van der Waals surface area contributed by atoms with Gasteiger partial charge in [0.1, 0.15) is 0 Å². The smallest absolute Gasteiger partial charge is 0.0993 e. The number of ether oxygens (including phenoxy) is 1. The largest absolute Gasteiger partial charge is 0.467 e. The summed E-state index contributed by atoms with van der Waals surface area (Å²) in [7, 11) is 0. The average Bonchev–Trinajstić information content (AvgIpc) is 2.36. The Labute approximate surface area is 108 Å². The van der Waals surface area contributed by atoms with Crippen LogP contribution in [0.1, 0.15) is 79.1 Å². The summed E-state index contributed by atoms with van der Waals surface area (Å²) in [5.74, 6) is 2.28. The molecule has 0 amide bonds. The fraction of sp³-hybridized carbons (Fsp3) is 0.750. The van der Waals surface area contributed by atoms with Crippen LogP contribution in [0.15, 0.2) is 23.7 Å². The number of unbranched alkanes of at least 4 members (excludes halogenated alkanes) is 4. The van der Waals surface area contributed by atoms with Gasteiger partial charge in [-0.1, -0.05) is 39.5 Å². The zero-order chi connectivity index (χ0) is 12.9. The van der Waals surface area contributed by atoms with Crippen molar-refractivity contribution in [3.05, 3.63) is 23.7 Å². The van der Waals surface area contributed by atoms with Crippen molar-refractivity contribution >= 4 is 0 Å². The van der Waals surface area contributed by atoms with Crippen molar-refractivity contribution in [2.75, 3.05) is 0 Å². The van der Waals surface area contributed by atoms with Crippen molar-refractivity contribution in [2.45, 2.75) is 79.1 Å². The molecular formula is C16H30O. The topological polar surface area (TPSA) is 9.23 Å². The van der Waals surface area contributed by atoms with Crippen LogP contribution in [0.25, 0.3) is 0 Å². The molecule has 0 aliphatic rings. The van der Waals surface area contributed by atoms with Crippen molar-refractivity contribution in [2.24, 2.45) is 0 Å². The molecule has 100 valence electrons. The maximum Gasteiger partial charge on any atom is 0.0993 e. The van der Waals surface area contributed by atoms with Crippen LogP contribution in [0, 0.1) is 0 Å². The normalized spacial score (nSPS) is 12.9. The van der Waals surface area contributed by atoms with Gasteiger partial charge in [-0.2, -0.15) is 0 Å². The minimum absolute atomic E-state index is 1.08. The van der Waals surface area contributed by atoms with Crippen molar-refractivity contribution < 1.29 is 4.74 Å². The molecular weight excluding hydrogens is 208 g/mol. The van der Waals surface area contributed by atoms with Crippen LogP contribution < -0.4 is 0 Å². The first-order valence-corrected chi connectivity index (χ1v) is 7.26. The molecule has 0 spiro atoms. The maximum absolute atomic E-state index is 5.96. The quantitative estimate of drug-likeness (QED) is 0.336. The van der Waals surface area contributed by atoms with E-state index >= 15 is 0 Å². The van der Waals surface area contributed by atoms with E-state index in [2.05, 4.69) is 39.8 Å². The van der Waals surface area contributed by atoms with Gasteiger partial charge in [0.2, 0.25) is 0 Å². The van der Waals surface area contributed by atoms with Gasteiger partial charge in [-0.3, -0.25) is 0 Å². The molecule has 0 bridgehead atoms. The molecule has 0 aromatic heterocycles. The van der Waals surface area contributed by atoms with Crippen LogP contribution >= 0.6 is 0 Å². The van der Waals surface area contributed by atoms with E-state index in [-0.39, 0.29) is 0 Å². The summed E-state index contributed by atoms with van der Waals surface area (Å²) in [6, 6.07) is 0. The van der Waals surface area contributed by atoms with Crippen molar-refractivity contribution in [1.29, 1.82) is 0 Å². The molecule has 0 fully saturated rings. The van der Waals surface area contributed by atoms with E-state index in [9.17, 15) is 0 Å².